The van der Waals surface area contributed by atoms with E-state index in [1.165, 1.54) is 5.56 Å². The lowest BCUT2D eigenvalue weighted by Gasteiger charge is -2.40. The van der Waals surface area contributed by atoms with Gasteiger partial charge in [-0.3, -0.25) is 14.5 Å². The van der Waals surface area contributed by atoms with Gasteiger partial charge in [0.25, 0.3) is 10.0 Å². The first-order valence-electron chi connectivity index (χ1n) is 15.1. The first kappa shape index (κ1) is 30.5. The Morgan fingerprint density at radius 1 is 0.705 bits per heavy atom. The maximum Gasteiger partial charge on any atom is 0.261 e. The molecule has 0 bridgehead atoms. The molecule has 44 heavy (non-hydrogen) atoms. The number of nitrogens with one attached hydrogen (secondary N) is 1. The Labute approximate surface area is 259 Å². The molecule has 230 valence electrons. The van der Waals surface area contributed by atoms with Crippen molar-refractivity contribution in [2.24, 2.45) is 0 Å². The van der Waals surface area contributed by atoms with Crippen molar-refractivity contribution in [1.82, 2.24) is 9.80 Å². The standard InChI is InChI=1S/C35H39N3O5S/c39-26-28-11-13-29(14-12-28)34-23-32(25-38-21-19-37(20-22-38)24-27-7-3-1-4-8-27)42-35(43-34)30-15-17-31(18-16-30)36-44(40,41)33-9-5-2-6-10-33/h1-18,32,34-36,39H,19-26H2/t32-,34+,35+/m1/s1. The summed E-state index contributed by atoms with van der Waals surface area (Å²) in [6.45, 7) is 5.74. The summed E-state index contributed by atoms with van der Waals surface area (Å²) in [5, 5.41) is 9.51. The van der Waals surface area contributed by atoms with Crippen molar-refractivity contribution in [3.8, 4) is 0 Å². The number of hydrogen-bond donors (Lipinski definition) is 2. The lowest BCUT2D eigenvalue weighted by atomic mass is 9.99. The molecule has 2 heterocycles. The van der Waals surface area contributed by atoms with Crippen molar-refractivity contribution < 1.29 is 23.0 Å². The van der Waals surface area contributed by atoms with Crippen LogP contribution in [0.3, 0.4) is 0 Å². The Morgan fingerprint density at radius 3 is 1.98 bits per heavy atom. The highest BCUT2D eigenvalue weighted by atomic mass is 32.2. The molecule has 9 heteroatoms. The molecule has 2 aliphatic rings. The Morgan fingerprint density at radius 2 is 1.32 bits per heavy atom. The molecule has 0 radical (unpaired) electrons. The summed E-state index contributed by atoms with van der Waals surface area (Å²) >= 11 is 0. The van der Waals surface area contributed by atoms with Crippen molar-refractivity contribution >= 4 is 15.7 Å². The molecule has 3 atom stereocenters. The minimum Gasteiger partial charge on any atom is -0.392 e. The molecule has 0 amide bonds. The molecule has 6 rings (SSSR count). The van der Waals surface area contributed by atoms with Crippen LogP contribution in [0.25, 0.3) is 0 Å². The van der Waals surface area contributed by atoms with Crippen LogP contribution < -0.4 is 4.72 Å². The van der Waals surface area contributed by atoms with E-state index in [2.05, 4.69) is 44.9 Å². The van der Waals surface area contributed by atoms with Crippen LogP contribution in [0.1, 0.15) is 41.1 Å². The van der Waals surface area contributed by atoms with Crippen LogP contribution >= 0.6 is 0 Å². The zero-order chi connectivity index (χ0) is 30.4. The second kappa shape index (κ2) is 14.0. The van der Waals surface area contributed by atoms with Crippen molar-refractivity contribution in [2.75, 3.05) is 37.4 Å². The van der Waals surface area contributed by atoms with Gasteiger partial charge in [-0.1, -0.05) is 84.9 Å². The van der Waals surface area contributed by atoms with Crippen molar-refractivity contribution in [3.05, 3.63) is 131 Å². The average molecular weight is 614 g/mol. The highest BCUT2D eigenvalue weighted by molar-refractivity contribution is 7.92. The van der Waals surface area contributed by atoms with E-state index in [0.717, 1.165) is 56.0 Å². The van der Waals surface area contributed by atoms with Crippen LogP contribution in [-0.4, -0.2) is 62.2 Å². The fourth-order valence-electron chi connectivity index (χ4n) is 5.81. The Balaban J connectivity index is 1.13. The van der Waals surface area contributed by atoms with E-state index in [9.17, 15) is 13.5 Å². The minimum atomic E-state index is -3.69. The predicted molar refractivity (Wildman–Crippen MR) is 170 cm³/mol. The maximum atomic E-state index is 12.8. The lowest BCUT2D eigenvalue weighted by molar-refractivity contribution is -0.253. The van der Waals surface area contributed by atoms with E-state index in [1.807, 2.05) is 36.4 Å². The molecule has 2 aliphatic heterocycles. The number of anilines is 1. The smallest absolute Gasteiger partial charge is 0.261 e. The van der Waals surface area contributed by atoms with E-state index in [0.29, 0.717) is 12.1 Å². The number of rotatable bonds is 10. The first-order valence-corrected chi connectivity index (χ1v) is 16.6. The lowest BCUT2D eigenvalue weighted by Crippen LogP contribution is -2.49. The Kier molecular flexibility index (Phi) is 9.71. The Bertz CT molecular complexity index is 1580. The van der Waals surface area contributed by atoms with E-state index in [-0.39, 0.29) is 23.7 Å². The van der Waals surface area contributed by atoms with E-state index < -0.39 is 16.3 Å². The minimum absolute atomic E-state index is 0.00318. The summed E-state index contributed by atoms with van der Waals surface area (Å²) in [5.74, 6) is 0. The zero-order valence-corrected chi connectivity index (χ0v) is 25.5. The molecule has 0 saturated carbocycles. The molecule has 0 aromatic heterocycles. The molecule has 2 N–H and O–H groups in total. The number of benzene rings is 4. The molecular formula is C35H39N3O5S. The van der Waals surface area contributed by atoms with Crippen molar-refractivity contribution in [1.29, 1.82) is 0 Å². The third-order valence-corrected chi connectivity index (χ3v) is 9.68. The SMILES string of the molecule is O=S(=O)(Nc1ccc([C@H]2O[C@@H](CN3CCN(Cc4ccccc4)CC3)C[C@@H](c3ccc(CO)cc3)O2)cc1)c1ccccc1. The third-order valence-electron chi connectivity index (χ3n) is 8.28. The fraction of sp³-hybridized carbons (Fsp3) is 0.314. The van der Waals surface area contributed by atoms with Crippen LogP contribution in [-0.2, 0) is 32.6 Å². The van der Waals surface area contributed by atoms with Gasteiger partial charge in [-0.2, -0.15) is 0 Å². The molecule has 0 spiro atoms. The predicted octanol–water partition coefficient (Wildman–Crippen LogP) is 5.34. The molecule has 0 unspecified atom stereocenters. The van der Waals surface area contributed by atoms with E-state index in [1.54, 1.807) is 42.5 Å². The molecule has 2 fully saturated rings. The first-order chi connectivity index (χ1) is 21.4. The number of ether oxygens (including phenoxy) is 2. The molecule has 0 aliphatic carbocycles. The van der Waals surface area contributed by atoms with Gasteiger partial charge in [-0.25, -0.2) is 8.42 Å². The monoisotopic (exact) mass is 613 g/mol. The number of piperazine rings is 1. The van der Waals surface area contributed by atoms with E-state index in [4.69, 9.17) is 9.47 Å². The summed E-state index contributed by atoms with van der Waals surface area (Å²) in [6.07, 6.45) is -0.112. The quantitative estimate of drug-likeness (QED) is 0.250. The summed E-state index contributed by atoms with van der Waals surface area (Å²) < 4.78 is 41.3. The zero-order valence-electron chi connectivity index (χ0n) is 24.7. The van der Waals surface area contributed by atoms with Gasteiger partial charge in [0.1, 0.15) is 0 Å². The summed E-state index contributed by atoms with van der Waals surface area (Å²) in [7, 11) is -3.69. The molecular weight excluding hydrogens is 574 g/mol. The van der Waals surface area contributed by atoms with Gasteiger partial charge in [0.2, 0.25) is 0 Å². The van der Waals surface area contributed by atoms with Gasteiger partial charge in [0.05, 0.1) is 23.7 Å². The highest BCUT2D eigenvalue weighted by Gasteiger charge is 2.34. The fourth-order valence-corrected chi connectivity index (χ4v) is 6.89. The maximum absolute atomic E-state index is 12.8. The number of aliphatic hydroxyl groups is 1. The van der Waals surface area contributed by atoms with Crippen molar-refractivity contribution in [2.45, 2.75) is 43.0 Å². The molecule has 4 aromatic rings. The van der Waals surface area contributed by atoms with Gasteiger partial charge < -0.3 is 14.6 Å². The second-order valence-electron chi connectivity index (χ2n) is 11.5. The summed E-state index contributed by atoms with van der Waals surface area (Å²) in [5.41, 5.74) is 4.53. The molecule has 8 nitrogen and oxygen atoms in total. The van der Waals surface area contributed by atoms with Crippen LogP contribution in [0.4, 0.5) is 5.69 Å². The normalized spacial score (nSPS) is 21.6. The number of nitrogens with zero attached hydrogens (tertiary/aromatic N) is 2. The average Bonchev–Trinajstić information content (AvgIpc) is 3.07. The largest absolute Gasteiger partial charge is 0.392 e. The van der Waals surface area contributed by atoms with Gasteiger partial charge in [-0.15, -0.1) is 0 Å². The summed E-state index contributed by atoms with van der Waals surface area (Å²) in [4.78, 5) is 5.18. The third kappa shape index (κ3) is 7.74. The van der Waals surface area contributed by atoms with Crippen molar-refractivity contribution in [3.63, 3.8) is 0 Å². The van der Waals surface area contributed by atoms with Crippen LogP contribution in [0.2, 0.25) is 0 Å². The topological polar surface area (TPSA) is 91.3 Å². The van der Waals surface area contributed by atoms with Gasteiger partial charge >= 0.3 is 0 Å². The van der Waals surface area contributed by atoms with Crippen LogP contribution in [0.15, 0.2) is 114 Å². The number of sulfonamides is 1. The Hall–Kier alpha value is -3.57. The van der Waals surface area contributed by atoms with Gasteiger partial charge in [0.15, 0.2) is 6.29 Å². The van der Waals surface area contributed by atoms with Gasteiger partial charge in [-0.05, 0) is 41.0 Å². The van der Waals surface area contributed by atoms with Crippen LogP contribution in [0, 0.1) is 0 Å². The summed E-state index contributed by atoms with van der Waals surface area (Å²) in [6, 6.07) is 34.0. The van der Waals surface area contributed by atoms with Gasteiger partial charge in [0, 0.05) is 56.9 Å². The molecule has 2 saturated heterocycles. The van der Waals surface area contributed by atoms with Crippen LogP contribution in [0.5, 0.6) is 0 Å². The highest BCUT2D eigenvalue weighted by Crippen LogP contribution is 2.38. The number of hydrogen-bond acceptors (Lipinski definition) is 7. The second-order valence-corrected chi connectivity index (χ2v) is 13.1. The number of aliphatic hydroxyl groups excluding tert-OH is 1. The van der Waals surface area contributed by atoms with E-state index >= 15 is 0 Å². The molecule has 4 aromatic carbocycles.